The fourth-order valence-corrected chi connectivity index (χ4v) is 7.00. The van der Waals surface area contributed by atoms with E-state index in [-0.39, 0.29) is 0 Å². The summed E-state index contributed by atoms with van der Waals surface area (Å²) in [5, 5.41) is 9.80. The Morgan fingerprint density at radius 2 is 0.884 bits per heavy atom. The van der Waals surface area contributed by atoms with E-state index < -0.39 is 0 Å². The zero-order valence-corrected chi connectivity index (χ0v) is 23.4. The van der Waals surface area contributed by atoms with Crippen molar-refractivity contribution in [1.29, 1.82) is 0 Å². The Morgan fingerprint density at radius 3 is 1.60 bits per heavy atom. The van der Waals surface area contributed by atoms with Crippen molar-refractivity contribution in [2.75, 3.05) is 0 Å². The van der Waals surface area contributed by atoms with Crippen molar-refractivity contribution in [3.05, 3.63) is 158 Å². The van der Waals surface area contributed by atoms with Crippen molar-refractivity contribution in [3.63, 3.8) is 0 Å². The zero-order chi connectivity index (χ0) is 28.3. The third-order valence-electron chi connectivity index (χ3n) is 8.86. The molecular weight excluding hydrogens is 520 g/mol. The van der Waals surface area contributed by atoms with Crippen LogP contribution in [-0.4, -0.2) is 0 Å². The summed E-state index contributed by atoms with van der Waals surface area (Å²) in [5.74, 6) is 0. The molecule has 0 unspecified atom stereocenters. The first-order valence-electron chi connectivity index (χ1n) is 14.8. The highest BCUT2D eigenvalue weighted by atomic mass is 16.3. The van der Waals surface area contributed by atoms with Crippen LogP contribution in [0, 0.1) is 0 Å². The number of rotatable bonds is 3. The lowest BCUT2D eigenvalue weighted by Gasteiger charge is -2.19. The van der Waals surface area contributed by atoms with Gasteiger partial charge in [-0.05, 0) is 83.9 Å². The van der Waals surface area contributed by atoms with Gasteiger partial charge in [0.2, 0.25) is 0 Å². The summed E-state index contributed by atoms with van der Waals surface area (Å²) in [6.07, 6.45) is 0. The molecule has 43 heavy (non-hydrogen) atoms. The molecule has 1 nitrogen and oxygen atoms in total. The van der Waals surface area contributed by atoms with E-state index in [1.165, 1.54) is 71.1 Å². The van der Waals surface area contributed by atoms with Crippen LogP contribution in [0.3, 0.4) is 0 Å². The van der Waals surface area contributed by atoms with Gasteiger partial charge in [-0.25, -0.2) is 0 Å². The van der Waals surface area contributed by atoms with Gasteiger partial charge in [0.05, 0.1) is 0 Å². The van der Waals surface area contributed by atoms with Gasteiger partial charge >= 0.3 is 0 Å². The van der Waals surface area contributed by atoms with Gasteiger partial charge in [-0.2, -0.15) is 0 Å². The molecule has 9 aromatic rings. The number of benzene rings is 8. The minimum Gasteiger partial charge on any atom is -0.456 e. The molecule has 0 aliphatic rings. The Bertz CT molecular complexity index is 2440. The predicted molar refractivity (Wildman–Crippen MR) is 183 cm³/mol. The Morgan fingerprint density at radius 1 is 0.326 bits per heavy atom. The highest BCUT2D eigenvalue weighted by Crippen LogP contribution is 2.47. The Hall–Kier alpha value is -5.66. The van der Waals surface area contributed by atoms with Gasteiger partial charge in [0, 0.05) is 10.8 Å². The maximum absolute atomic E-state index is 6.32. The summed E-state index contributed by atoms with van der Waals surface area (Å²) in [6.45, 7) is 0. The summed E-state index contributed by atoms with van der Waals surface area (Å²) < 4.78 is 6.32. The van der Waals surface area contributed by atoms with Crippen LogP contribution < -0.4 is 0 Å². The van der Waals surface area contributed by atoms with Crippen LogP contribution in [0.5, 0.6) is 0 Å². The number of furan rings is 1. The number of fused-ring (bicyclic) bond motifs is 6. The average molecular weight is 547 g/mol. The van der Waals surface area contributed by atoms with Crippen LogP contribution in [0.2, 0.25) is 0 Å². The van der Waals surface area contributed by atoms with E-state index >= 15 is 0 Å². The highest BCUT2D eigenvalue weighted by Gasteiger charge is 2.20. The van der Waals surface area contributed by atoms with Crippen molar-refractivity contribution in [2.45, 2.75) is 0 Å². The highest BCUT2D eigenvalue weighted by molar-refractivity contribution is 6.26. The molecule has 0 bridgehead atoms. The molecule has 1 heterocycles. The lowest BCUT2D eigenvalue weighted by atomic mass is 9.83. The molecule has 0 N–H and O–H groups in total. The van der Waals surface area contributed by atoms with E-state index in [9.17, 15) is 0 Å². The Balaban J connectivity index is 1.38. The van der Waals surface area contributed by atoms with Crippen LogP contribution in [0.1, 0.15) is 0 Å². The van der Waals surface area contributed by atoms with Gasteiger partial charge in [-0.15, -0.1) is 0 Å². The second kappa shape index (κ2) is 9.44. The van der Waals surface area contributed by atoms with Gasteiger partial charge in [0.15, 0.2) is 0 Å². The molecular formula is C42H26O. The molecule has 8 aromatic carbocycles. The molecule has 9 rings (SSSR count). The number of hydrogen-bond donors (Lipinski definition) is 0. The molecule has 0 saturated carbocycles. The standard InChI is InChI=1S/C42H26O/c1-2-12-27(13-3-1)28-24-25-30-29(26-28)14-10-20-31(30)40-32-15-4-6-17-34(32)41(35-18-7-5-16-33(35)40)37-21-11-23-39-42(37)36-19-8-9-22-38(36)43-39/h1-26H. The van der Waals surface area contributed by atoms with E-state index in [0.717, 1.165) is 16.6 Å². The van der Waals surface area contributed by atoms with Gasteiger partial charge in [0.25, 0.3) is 0 Å². The fourth-order valence-electron chi connectivity index (χ4n) is 7.00. The topological polar surface area (TPSA) is 13.1 Å². The summed E-state index contributed by atoms with van der Waals surface area (Å²) >= 11 is 0. The smallest absolute Gasteiger partial charge is 0.136 e. The molecule has 0 amide bonds. The van der Waals surface area contributed by atoms with Crippen LogP contribution in [0.4, 0.5) is 0 Å². The fraction of sp³-hybridized carbons (Fsp3) is 0. The first kappa shape index (κ1) is 24.0. The van der Waals surface area contributed by atoms with E-state index in [1.54, 1.807) is 0 Å². The third-order valence-corrected chi connectivity index (χ3v) is 8.86. The number of hydrogen-bond acceptors (Lipinski definition) is 1. The number of para-hydroxylation sites is 1. The predicted octanol–water partition coefficient (Wildman–Crippen LogP) is 12.0. The second-order valence-electron chi connectivity index (χ2n) is 11.2. The minimum absolute atomic E-state index is 0.916. The Labute approximate surface area is 249 Å². The van der Waals surface area contributed by atoms with E-state index in [2.05, 4.69) is 152 Å². The summed E-state index contributed by atoms with van der Waals surface area (Å²) in [7, 11) is 0. The molecule has 1 heteroatoms. The van der Waals surface area contributed by atoms with E-state index in [4.69, 9.17) is 4.42 Å². The van der Waals surface area contributed by atoms with Crippen molar-refractivity contribution >= 4 is 54.3 Å². The van der Waals surface area contributed by atoms with Crippen molar-refractivity contribution < 1.29 is 4.42 Å². The van der Waals surface area contributed by atoms with Crippen molar-refractivity contribution in [3.8, 4) is 33.4 Å². The molecule has 0 atom stereocenters. The average Bonchev–Trinajstić information content (AvgIpc) is 3.46. The molecule has 0 saturated heterocycles. The summed E-state index contributed by atoms with van der Waals surface area (Å²) in [4.78, 5) is 0. The SMILES string of the molecule is c1ccc(-c2ccc3c(-c4c5ccccc5c(-c5cccc6oc7ccccc7c56)c5ccccc45)cccc3c2)cc1. The lowest BCUT2D eigenvalue weighted by molar-refractivity contribution is 0.669. The summed E-state index contributed by atoms with van der Waals surface area (Å²) in [5.41, 5.74) is 9.28. The first-order chi connectivity index (χ1) is 21.3. The van der Waals surface area contributed by atoms with E-state index in [0.29, 0.717) is 0 Å². The normalized spacial score (nSPS) is 11.7. The van der Waals surface area contributed by atoms with Crippen LogP contribution in [-0.2, 0) is 0 Å². The van der Waals surface area contributed by atoms with Gasteiger partial charge in [0.1, 0.15) is 11.2 Å². The maximum Gasteiger partial charge on any atom is 0.136 e. The minimum atomic E-state index is 0.916. The molecule has 0 spiro atoms. The first-order valence-corrected chi connectivity index (χ1v) is 14.8. The molecule has 0 aliphatic carbocycles. The molecule has 0 fully saturated rings. The van der Waals surface area contributed by atoms with Gasteiger partial charge in [-0.1, -0.05) is 140 Å². The molecule has 0 radical (unpaired) electrons. The van der Waals surface area contributed by atoms with Crippen LogP contribution >= 0.6 is 0 Å². The molecule has 0 aliphatic heterocycles. The van der Waals surface area contributed by atoms with E-state index in [1.807, 2.05) is 6.07 Å². The quantitative estimate of drug-likeness (QED) is 0.201. The van der Waals surface area contributed by atoms with Crippen molar-refractivity contribution in [2.24, 2.45) is 0 Å². The van der Waals surface area contributed by atoms with Gasteiger partial charge < -0.3 is 4.42 Å². The third kappa shape index (κ3) is 3.65. The lowest BCUT2D eigenvalue weighted by Crippen LogP contribution is -1.92. The largest absolute Gasteiger partial charge is 0.456 e. The monoisotopic (exact) mass is 546 g/mol. The zero-order valence-electron chi connectivity index (χ0n) is 23.4. The molecule has 200 valence electrons. The maximum atomic E-state index is 6.32. The second-order valence-corrected chi connectivity index (χ2v) is 11.2. The van der Waals surface area contributed by atoms with Crippen molar-refractivity contribution in [1.82, 2.24) is 0 Å². The summed E-state index contributed by atoms with van der Waals surface area (Å²) in [6, 6.07) is 56.8. The van der Waals surface area contributed by atoms with Crippen LogP contribution in [0.25, 0.3) is 87.6 Å². The molecule has 1 aromatic heterocycles. The van der Waals surface area contributed by atoms with Gasteiger partial charge in [-0.3, -0.25) is 0 Å². The Kier molecular flexibility index (Phi) is 5.27. The van der Waals surface area contributed by atoms with Crippen LogP contribution in [0.15, 0.2) is 162 Å².